The quantitative estimate of drug-likeness (QED) is 0.107. The molecule has 2 aromatic rings. The van der Waals surface area contributed by atoms with E-state index in [0.29, 0.717) is 37.9 Å². The van der Waals surface area contributed by atoms with E-state index in [4.69, 9.17) is 17.7 Å². The number of halogens is 3. The zero-order valence-corrected chi connectivity index (χ0v) is 34.4. The van der Waals surface area contributed by atoms with Crippen LogP contribution in [0.1, 0.15) is 83.1 Å². The first kappa shape index (κ1) is 40.9. The molecule has 10 heteroatoms. The van der Waals surface area contributed by atoms with Gasteiger partial charge in [-0.3, -0.25) is 0 Å². The molecule has 0 spiro atoms. The maximum absolute atomic E-state index is 14.2. The Morgan fingerprint density at radius 1 is 0.833 bits per heavy atom. The molecule has 4 nitrogen and oxygen atoms in total. The molecule has 1 saturated heterocycles. The van der Waals surface area contributed by atoms with Crippen LogP contribution in [-0.2, 0) is 43.8 Å². The normalized spacial score (nSPS) is 23.0. The maximum atomic E-state index is 14.2. The van der Waals surface area contributed by atoms with Crippen LogP contribution in [-0.4, -0.2) is 41.8 Å². The zero-order valence-electron chi connectivity index (χ0n) is 31.4. The van der Waals surface area contributed by atoms with Gasteiger partial charge in [0.2, 0.25) is 16.6 Å². The van der Waals surface area contributed by atoms with Crippen LogP contribution in [0.25, 0.3) is 0 Å². The molecule has 0 saturated carbocycles. The van der Waals surface area contributed by atoms with Crippen molar-refractivity contribution in [2.45, 2.75) is 142 Å². The number of hydrogen-bond acceptors (Lipinski definition) is 4. The second-order valence-corrected chi connectivity index (χ2v) is 27.6. The van der Waals surface area contributed by atoms with E-state index < -0.39 is 53.8 Å². The minimum Gasteiger partial charge on any atom is -0.410 e. The van der Waals surface area contributed by atoms with Crippen molar-refractivity contribution in [3.8, 4) is 0 Å². The highest BCUT2D eigenvalue weighted by atomic mass is 28.4. The molecule has 0 aromatic heterocycles. The summed E-state index contributed by atoms with van der Waals surface area (Å²) in [5, 5.41) is -1.82. The average molecular weight is 723 g/mol. The van der Waals surface area contributed by atoms with E-state index in [1.807, 2.05) is 33.5 Å². The lowest BCUT2D eigenvalue weighted by atomic mass is 10.0. The lowest BCUT2D eigenvalue weighted by Gasteiger charge is -2.45. The summed E-state index contributed by atoms with van der Waals surface area (Å²) in [4.78, 5) is 0. The lowest BCUT2D eigenvalue weighted by Crippen LogP contribution is -2.60. The maximum Gasteiger partial charge on any atom is 0.389 e. The summed E-state index contributed by atoms with van der Waals surface area (Å²) in [6, 6.07) is 16.9. The molecule has 4 unspecified atom stereocenters. The molecule has 2 aromatic carbocycles. The van der Waals surface area contributed by atoms with Gasteiger partial charge in [0.15, 0.2) is 0 Å². The van der Waals surface area contributed by atoms with Gasteiger partial charge in [-0.15, -0.1) is 6.58 Å². The van der Waals surface area contributed by atoms with E-state index in [1.54, 1.807) is 6.08 Å². The summed E-state index contributed by atoms with van der Waals surface area (Å²) < 4.78 is 69.6. The Morgan fingerprint density at radius 2 is 1.27 bits per heavy atom. The summed E-state index contributed by atoms with van der Waals surface area (Å²) >= 11 is 0. The van der Waals surface area contributed by atoms with E-state index >= 15 is 0 Å². The lowest BCUT2D eigenvalue weighted by molar-refractivity contribution is -0.137. The Labute approximate surface area is 292 Å². The van der Waals surface area contributed by atoms with Gasteiger partial charge in [0.1, 0.15) is 0 Å². The first-order valence-electron chi connectivity index (χ1n) is 17.6. The van der Waals surface area contributed by atoms with Gasteiger partial charge in [-0.2, -0.15) is 13.2 Å². The van der Waals surface area contributed by atoms with Gasteiger partial charge in [0, 0.05) is 12.0 Å². The largest absolute Gasteiger partial charge is 0.410 e. The zero-order chi connectivity index (χ0) is 36.2. The minimum atomic E-state index is -4.34. The van der Waals surface area contributed by atoms with Gasteiger partial charge in [0.05, 0.1) is 23.7 Å². The monoisotopic (exact) mass is 722 g/mol. The van der Waals surface area contributed by atoms with Crippen LogP contribution < -0.4 is 0 Å². The van der Waals surface area contributed by atoms with Crippen molar-refractivity contribution >= 4 is 25.2 Å². The highest BCUT2D eigenvalue weighted by Gasteiger charge is 2.82. The van der Waals surface area contributed by atoms with E-state index in [-0.39, 0.29) is 0 Å². The van der Waals surface area contributed by atoms with E-state index in [1.165, 1.54) is 11.1 Å². The van der Waals surface area contributed by atoms with Crippen LogP contribution in [0.2, 0.25) is 38.3 Å². The van der Waals surface area contributed by atoms with E-state index in [0.717, 1.165) is 24.0 Å². The number of benzene rings is 2. The molecule has 270 valence electrons. The van der Waals surface area contributed by atoms with Gasteiger partial charge in [-0.1, -0.05) is 89.2 Å². The topological polar surface area (TPSA) is 36.9 Å². The highest BCUT2D eigenvalue weighted by Crippen LogP contribution is 2.68. The van der Waals surface area contributed by atoms with Crippen LogP contribution in [0.5, 0.6) is 0 Å². The molecule has 0 aliphatic carbocycles. The van der Waals surface area contributed by atoms with E-state index in [2.05, 4.69) is 95.9 Å². The number of hydrogen-bond donors (Lipinski definition) is 0. The molecule has 1 aliphatic heterocycles. The average Bonchev–Trinajstić information content (AvgIpc) is 3.42. The SMILES string of the molecule is C=CCC(C)(O[Si]1(C)C(CC(F)(F)F)C1(CC)O[Si](C)(C)OCc1ccc(CC(C)C)cc1)[Si](C)(C)OCc1ccc(CC(C)C)cc1. The van der Waals surface area contributed by atoms with Crippen molar-refractivity contribution in [3.05, 3.63) is 83.4 Å². The van der Waals surface area contributed by atoms with Gasteiger partial charge in [0.25, 0.3) is 0 Å². The predicted molar refractivity (Wildman–Crippen MR) is 199 cm³/mol. The molecule has 0 radical (unpaired) electrons. The molecular formula is C38H61F3O4Si3. The predicted octanol–water partition coefficient (Wildman–Crippen LogP) is 11.2. The molecule has 3 rings (SSSR count). The summed E-state index contributed by atoms with van der Waals surface area (Å²) in [6.45, 7) is 27.5. The Bertz CT molecular complexity index is 1330. The molecule has 1 aliphatic rings. The summed E-state index contributed by atoms with van der Waals surface area (Å²) in [7, 11) is -8.74. The van der Waals surface area contributed by atoms with Gasteiger partial charge in [-0.05, 0) is 99.4 Å². The third-order valence-corrected chi connectivity index (χ3v) is 21.0. The molecule has 4 atom stereocenters. The standard InChI is InChI=1S/C38H61F3O4Si3/c1-13-23-36(7,46(8,9)42-27-33-19-15-31(16-20-33)24-29(3)4)44-48(12)35(26-38(39,40)41)37(48,14-2)45-47(10,11)43-28-34-21-17-32(18-22-34)25-30(5)6/h13,15-22,29-30,35H,1,14,23-28H2,2-12H3. The Morgan fingerprint density at radius 3 is 1.67 bits per heavy atom. The first-order valence-corrected chi connectivity index (χ1v) is 25.8. The minimum absolute atomic E-state index is 0.352. The second-order valence-electron chi connectivity index (χ2n) is 16.0. The first-order chi connectivity index (χ1) is 22.1. The van der Waals surface area contributed by atoms with Crippen LogP contribution in [0.15, 0.2) is 61.2 Å². The van der Waals surface area contributed by atoms with Crippen LogP contribution in [0, 0.1) is 11.8 Å². The Kier molecular flexibility index (Phi) is 13.4. The number of alkyl halides is 3. The fourth-order valence-electron chi connectivity index (χ4n) is 7.10. The molecule has 48 heavy (non-hydrogen) atoms. The van der Waals surface area contributed by atoms with Gasteiger partial charge >= 0.3 is 14.7 Å². The fraction of sp³-hybridized carbons (Fsp3) is 0.632. The van der Waals surface area contributed by atoms with Crippen LogP contribution in [0.3, 0.4) is 0 Å². The van der Waals surface area contributed by atoms with Crippen molar-refractivity contribution in [1.82, 2.24) is 0 Å². The smallest absolute Gasteiger partial charge is 0.389 e. The van der Waals surface area contributed by atoms with Crippen molar-refractivity contribution in [2.24, 2.45) is 11.8 Å². The van der Waals surface area contributed by atoms with E-state index in [9.17, 15) is 13.2 Å². The summed E-state index contributed by atoms with van der Waals surface area (Å²) in [6.07, 6.45) is -0.532. The molecule has 0 amide bonds. The van der Waals surface area contributed by atoms with Crippen molar-refractivity contribution in [1.29, 1.82) is 0 Å². The van der Waals surface area contributed by atoms with Crippen molar-refractivity contribution in [3.63, 3.8) is 0 Å². The van der Waals surface area contributed by atoms with Crippen molar-refractivity contribution in [2.75, 3.05) is 0 Å². The van der Waals surface area contributed by atoms with Crippen molar-refractivity contribution < 1.29 is 30.9 Å². The van der Waals surface area contributed by atoms with Crippen LogP contribution >= 0.6 is 0 Å². The molecule has 0 bridgehead atoms. The fourth-order valence-corrected chi connectivity index (χ4v) is 18.7. The Balaban J connectivity index is 1.83. The Hall–Kier alpha value is -1.54. The third-order valence-electron chi connectivity index (χ3n) is 10.1. The van der Waals surface area contributed by atoms with Gasteiger partial charge in [-0.25, -0.2) is 0 Å². The highest BCUT2D eigenvalue weighted by molar-refractivity contribution is 6.90. The molecule has 1 fully saturated rings. The third kappa shape index (κ3) is 10.3. The number of rotatable bonds is 19. The van der Waals surface area contributed by atoms with Gasteiger partial charge < -0.3 is 17.7 Å². The summed E-state index contributed by atoms with van der Waals surface area (Å²) in [5.41, 5.74) is 3.91. The molecule has 0 N–H and O–H groups in total. The molecular weight excluding hydrogens is 662 g/mol. The van der Waals surface area contributed by atoms with Crippen LogP contribution in [0.4, 0.5) is 13.2 Å². The summed E-state index contributed by atoms with van der Waals surface area (Å²) in [5.74, 6) is 1.15. The molecule has 1 heterocycles. The second kappa shape index (κ2) is 15.8.